The summed E-state index contributed by atoms with van der Waals surface area (Å²) < 4.78 is 9.57. The molecule has 1 aromatic carbocycles. The van der Waals surface area contributed by atoms with E-state index >= 15 is 0 Å². The highest BCUT2D eigenvalue weighted by atomic mass is 32.1. The maximum absolute atomic E-state index is 5.77. The Kier molecular flexibility index (Phi) is 7.14. The smallest absolute Gasteiger partial charge is 0.220 e. The number of ether oxygens (including phenoxy) is 1. The van der Waals surface area contributed by atoms with Crippen molar-refractivity contribution in [3.63, 3.8) is 0 Å². The number of anilines is 1. The Morgan fingerprint density at radius 2 is 1.94 bits per heavy atom. The van der Waals surface area contributed by atoms with Crippen molar-refractivity contribution in [1.29, 1.82) is 0 Å². The van der Waals surface area contributed by atoms with Crippen molar-refractivity contribution in [2.45, 2.75) is 26.4 Å². The lowest BCUT2D eigenvalue weighted by molar-refractivity contribution is 0.0210. The van der Waals surface area contributed by atoms with E-state index in [-0.39, 0.29) is 0 Å². The first-order valence-corrected chi connectivity index (χ1v) is 12.0. The lowest BCUT2D eigenvalue weighted by Gasteiger charge is -2.25. The third-order valence-electron chi connectivity index (χ3n) is 5.29. The Balaban J connectivity index is 1.68. The first-order chi connectivity index (χ1) is 15.4. The minimum atomic E-state index is 0.352. The highest BCUT2D eigenvalue weighted by Gasteiger charge is 2.19. The molecule has 3 aromatic rings. The Morgan fingerprint density at radius 1 is 1.22 bits per heavy atom. The largest absolute Gasteiger partial charge is 0.379 e. The molecule has 1 aliphatic rings. The number of morpholine rings is 1. The number of rotatable bonds is 7. The van der Waals surface area contributed by atoms with E-state index < -0.39 is 0 Å². The molecule has 0 saturated carbocycles. The van der Waals surface area contributed by atoms with E-state index in [0.29, 0.717) is 23.2 Å². The summed E-state index contributed by atoms with van der Waals surface area (Å²) in [4.78, 5) is 9.14. The zero-order valence-corrected chi connectivity index (χ0v) is 20.6. The van der Waals surface area contributed by atoms with Gasteiger partial charge in [0, 0.05) is 38.3 Å². The van der Waals surface area contributed by atoms with Gasteiger partial charge in [0.15, 0.2) is 5.01 Å². The first-order valence-electron chi connectivity index (χ1n) is 10.7. The second-order valence-electron chi connectivity index (χ2n) is 8.25. The molecule has 3 heterocycles. The number of aromatic nitrogens is 4. The molecule has 1 saturated heterocycles. The van der Waals surface area contributed by atoms with E-state index in [0.717, 1.165) is 48.3 Å². The van der Waals surface area contributed by atoms with Crippen molar-refractivity contribution in [3.05, 3.63) is 45.7 Å². The van der Waals surface area contributed by atoms with Gasteiger partial charge in [-0.25, -0.2) is 9.67 Å². The number of hydrogen-bond acceptors (Lipinski definition) is 8. The van der Waals surface area contributed by atoms with Gasteiger partial charge >= 0.3 is 0 Å². The molecule has 0 amide bonds. The zero-order chi connectivity index (χ0) is 22.7. The Hall–Kier alpha value is -2.40. The van der Waals surface area contributed by atoms with Crippen molar-refractivity contribution in [1.82, 2.24) is 24.3 Å². The summed E-state index contributed by atoms with van der Waals surface area (Å²) in [7, 11) is 4.05. The lowest BCUT2D eigenvalue weighted by Crippen LogP contribution is -2.37. The van der Waals surface area contributed by atoms with Crippen LogP contribution in [0.4, 0.5) is 5.69 Å². The molecular weight excluding hydrogens is 442 g/mol. The van der Waals surface area contributed by atoms with E-state index in [2.05, 4.69) is 41.2 Å². The molecule has 170 valence electrons. The third-order valence-corrected chi connectivity index (χ3v) is 6.53. The van der Waals surface area contributed by atoms with Crippen LogP contribution < -0.4 is 4.90 Å². The maximum atomic E-state index is 5.77. The minimum Gasteiger partial charge on any atom is -0.379 e. The van der Waals surface area contributed by atoms with Crippen molar-refractivity contribution in [2.24, 2.45) is 5.10 Å². The van der Waals surface area contributed by atoms with Crippen LogP contribution in [0.2, 0.25) is 0 Å². The molecule has 10 heteroatoms. The van der Waals surface area contributed by atoms with Crippen LogP contribution in [0.25, 0.3) is 10.8 Å². The molecule has 1 fully saturated rings. The number of benzene rings is 1. The Bertz CT molecular complexity index is 1120. The van der Waals surface area contributed by atoms with E-state index in [1.54, 1.807) is 16.0 Å². The average molecular weight is 472 g/mol. The summed E-state index contributed by atoms with van der Waals surface area (Å²) in [5.74, 6) is 1.02. The molecule has 2 aromatic heterocycles. The van der Waals surface area contributed by atoms with Gasteiger partial charge in [-0.2, -0.15) is 9.78 Å². The van der Waals surface area contributed by atoms with Crippen LogP contribution in [-0.4, -0.2) is 71.0 Å². The molecule has 1 aliphatic heterocycles. The van der Waals surface area contributed by atoms with Gasteiger partial charge in [-0.15, -0.1) is 16.4 Å². The van der Waals surface area contributed by atoms with Crippen LogP contribution in [0, 0.1) is 4.77 Å². The highest BCUT2D eigenvalue weighted by Crippen LogP contribution is 2.26. The molecule has 0 aliphatic carbocycles. The molecule has 0 atom stereocenters. The van der Waals surface area contributed by atoms with E-state index in [1.807, 2.05) is 37.1 Å². The fourth-order valence-electron chi connectivity index (χ4n) is 3.30. The van der Waals surface area contributed by atoms with Gasteiger partial charge < -0.3 is 9.64 Å². The van der Waals surface area contributed by atoms with Crippen molar-refractivity contribution >= 4 is 35.5 Å². The first kappa shape index (κ1) is 22.8. The van der Waals surface area contributed by atoms with Crippen LogP contribution in [0.5, 0.6) is 0 Å². The van der Waals surface area contributed by atoms with E-state index in [9.17, 15) is 0 Å². The van der Waals surface area contributed by atoms with Crippen LogP contribution in [0.3, 0.4) is 0 Å². The molecule has 8 nitrogen and oxygen atoms in total. The SMILES string of the molecule is CC(C)c1csc(-c2nn(CN3CCOCC3)c(=S)n2/N=C/c2ccc(N(C)C)cc2)n1. The molecule has 0 spiro atoms. The van der Waals surface area contributed by atoms with Crippen LogP contribution >= 0.6 is 23.6 Å². The number of nitrogens with zero attached hydrogens (tertiary/aromatic N) is 7. The second kappa shape index (κ2) is 10.0. The van der Waals surface area contributed by atoms with E-state index in [1.165, 1.54) is 0 Å². The predicted octanol–water partition coefficient (Wildman–Crippen LogP) is 3.90. The Labute approximate surface area is 197 Å². The minimum absolute atomic E-state index is 0.352. The fourth-order valence-corrected chi connectivity index (χ4v) is 4.48. The van der Waals surface area contributed by atoms with Gasteiger partial charge in [0.05, 0.1) is 31.8 Å². The van der Waals surface area contributed by atoms with Gasteiger partial charge in [-0.1, -0.05) is 26.0 Å². The van der Waals surface area contributed by atoms with Gasteiger partial charge in [-0.3, -0.25) is 4.90 Å². The third kappa shape index (κ3) is 5.15. The van der Waals surface area contributed by atoms with Gasteiger partial charge in [-0.05, 0) is 35.8 Å². The molecule has 0 unspecified atom stereocenters. The number of hydrogen-bond donors (Lipinski definition) is 0. The highest BCUT2D eigenvalue weighted by molar-refractivity contribution is 7.71. The summed E-state index contributed by atoms with van der Waals surface area (Å²) in [6.45, 7) is 8.06. The summed E-state index contributed by atoms with van der Waals surface area (Å²) in [6, 6.07) is 8.22. The predicted molar refractivity (Wildman–Crippen MR) is 132 cm³/mol. The molecule has 0 bridgehead atoms. The fraction of sp³-hybridized carbons (Fsp3) is 0.455. The van der Waals surface area contributed by atoms with Crippen LogP contribution in [0.15, 0.2) is 34.7 Å². The normalized spacial score (nSPS) is 15.2. The van der Waals surface area contributed by atoms with Gasteiger partial charge in [0.1, 0.15) is 0 Å². The molecule has 4 rings (SSSR count). The summed E-state index contributed by atoms with van der Waals surface area (Å²) >= 11 is 7.34. The topological polar surface area (TPSA) is 63.7 Å². The van der Waals surface area contributed by atoms with Crippen molar-refractivity contribution in [3.8, 4) is 10.8 Å². The van der Waals surface area contributed by atoms with Gasteiger partial charge in [0.2, 0.25) is 10.6 Å². The summed E-state index contributed by atoms with van der Waals surface area (Å²) in [5, 5.41) is 12.4. The molecule has 0 radical (unpaired) electrons. The maximum Gasteiger partial charge on any atom is 0.220 e. The molecule has 32 heavy (non-hydrogen) atoms. The average Bonchev–Trinajstić information content (AvgIpc) is 3.39. The quantitative estimate of drug-likeness (QED) is 0.385. The Morgan fingerprint density at radius 3 is 2.56 bits per heavy atom. The monoisotopic (exact) mass is 471 g/mol. The lowest BCUT2D eigenvalue weighted by atomic mass is 10.2. The van der Waals surface area contributed by atoms with Crippen LogP contribution in [0.1, 0.15) is 31.0 Å². The van der Waals surface area contributed by atoms with E-state index in [4.69, 9.17) is 32.1 Å². The summed E-state index contributed by atoms with van der Waals surface area (Å²) in [6.07, 6.45) is 1.82. The molecule has 0 N–H and O–H groups in total. The van der Waals surface area contributed by atoms with Crippen molar-refractivity contribution < 1.29 is 4.74 Å². The van der Waals surface area contributed by atoms with Gasteiger partial charge in [0.25, 0.3) is 0 Å². The van der Waals surface area contributed by atoms with Crippen LogP contribution in [-0.2, 0) is 11.4 Å². The molecular formula is C22H29N7OS2. The number of thiazole rings is 1. The zero-order valence-electron chi connectivity index (χ0n) is 18.9. The second-order valence-corrected chi connectivity index (χ2v) is 9.48. The van der Waals surface area contributed by atoms with Crippen molar-refractivity contribution in [2.75, 3.05) is 45.3 Å². The summed E-state index contributed by atoms with van der Waals surface area (Å²) in [5.41, 5.74) is 3.18. The standard InChI is InChI=1S/C22H29N7OS2/c1-16(2)19-14-32-21(24-19)20-25-28(15-27-9-11-30-12-10-27)22(31)29(20)23-13-17-5-7-18(8-6-17)26(3)4/h5-8,13-14,16H,9-12,15H2,1-4H3/b23-13+.